The summed E-state index contributed by atoms with van der Waals surface area (Å²) in [5, 5.41) is 8.71. The van der Waals surface area contributed by atoms with E-state index < -0.39 is 0 Å². The van der Waals surface area contributed by atoms with Crippen LogP contribution in [0.25, 0.3) is 94.0 Å². The molecule has 0 unspecified atom stereocenters. The maximum atomic E-state index is 6.48. The molecule has 9 aromatic rings. The number of para-hydroxylation sites is 2. The number of fused-ring (bicyclic) bond motifs is 6. The summed E-state index contributed by atoms with van der Waals surface area (Å²) in [6.45, 7) is 4.44. The van der Waals surface area contributed by atoms with E-state index in [0.717, 1.165) is 58.0 Å². The molecule has 2 aromatic heterocycles. The van der Waals surface area contributed by atoms with Crippen LogP contribution < -0.4 is 0 Å². The molecule has 254 valence electrons. The van der Waals surface area contributed by atoms with Crippen molar-refractivity contribution in [3.05, 3.63) is 175 Å². The zero-order valence-corrected chi connectivity index (χ0v) is 30.1. The van der Waals surface area contributed by atoms with Crippen molar-refractivity contribution in [2.45, 2.75) is 33.1 Å². The highest BCUT2D eigenvalue weighted by Gasteiger charge is 2.20. The molecule has 53 heavy (non-hydrogen) atoms. The van der Waals surface area contributed by atoms with Gasteiger partial charge in [0.05, 0.1) is 5.52 Å². The van der Waals surface area contributed by atoms with Gasteiger partial charge in [-0.1, -0.05) is 146 Å². The van der Waals surface area contributed by atoms with Crippen LogP contribution in [0, 0.1) is 6.92 Å². The maximum absolute atomic E-state index is 6.48. The van der Waals surface area contributed by atoms with Crippen molar-refractivity contribution in [2.75, 3.05) is 0 Å². The summed E-state index contributed by atoms with van der Waals surface area (Å²) in [6, 6.07) is 48.8. The Morgan fingerprint density at radius 3 is 1.98 bits per heavy atom. The largest absolute Gasteiger partial charge is 0.455 e. The molecule has 0 bridgehead atoms. The van der Waals surface area contributed by atoms with Crippen LogP contribution in [0.2, 0.25) is 0 Å². The third kappa shape index (κ3) is 5.01. The Labute approximate surface area is 309 Å². The molecular formula is C51H39NO. The van der Waals surface area contributed by atoms with Gasteiger partial charge in [-0.05, 0) is 99.8 Å². The van der Waals surface area contributed by atoms with E-state index in [1.165, 1.54) is 66.0 Å². The second-order valence-electron chi connectivity index (χ2n) is 14.2. The van der Waals surface area contributed by atoms with Gasteiger partial charge in [-0.2, -0.15) is 0 Å². The monoisotopic (exact) mass is 681 g/mol. The Morgan fingerprint density at radius 1 is 0.623 bits per heavy atom. The van der Waals surface area contributed by atoms with Crippen LogP contribution in [0.3, 0.4) is 0 Å². The highest BCUT2D eigenvalue weighted by Crippen LogP contribution is 2.44. The second kappa shape index (κ2) is 12.7. The lowest BCUT2D eigenvalue weighted by Gasteiger charge is -2.19. The summed E-state index contributed by atoms with van der Waals surface area (Å²) in [4.78, 5) is 0. The van der Waals surface area contributed by atoms with Crippen molar-refractivity contribution in [2.24, 2.45) is 0 Å². The SMILES string of the molecule is CC/C=C\c1c(C)n(-c2ccc(-c3c4ccccc4c(C4=CCCC=C4)c4ccccc34)cc2)c2cc(-c3cccc4c3oc3ccccc34)ccc12. The minimum absolute atomic E-state index is 0.917. The number of hydrogen-bond donors (Lipinski definition) is 0. The Balaban J connectivity index is 1.15. The number of nitrogens with zero attached hydrogens (tertiary/aromatic N) is 1. The fraction of sp³-hybridized carbons (Fsp3) is 0.0980. The van der Waals surface area contributed by atoms with E-state index >= 15 is 0 Å². The van der Waals surface area contributed by atoms with Crippen LogP contribution in [0.4, 0.5) is 0 Å². The number of furan rings is 1. The molecule has 2 nitrogen and oxygen atoms in total. The molecule has 0 radical (unpaired) electrons. The van der Waals surface area contributed by atoms with Crippen LogP contribution in [0.15, 0.2) is 162 Å². The van der Waals surface area contributed by atoms with Gasteiger partial charge in [0.15, 0.2) is 0 Å². The van der Waals surface area contributed by atoms with Crippen molar-refractivity contribution < 1.29 is 4.42 Å². The van der Waals surface area contributed by atoms with Crippen LogP contribution in [0.1, 0.15) is 43.0 Å². The summed E-state index contributed by atoms with van der Waals surface area (Å²) in [5.74, 6) is 0. The predicted octanol–water partition coefficient (Wildman–Crippen LogP) is 14.6. The first-order chi connectivity index (χ1) is 26.2. The van der Waals surface area contributed by atoms with Crippen molar-refractivity contribution >= 4 is 66.0 Å². The molecule has 1 aliphatic carbocycles. The molecule has 10 rings (SSSR count). The molecule has 0 fully saturated rings. The first-order valence-corrected chi connectivity index (χ1v) is 18.8. The van der Waals surface area contributed by atoms with Gasteiger partial charge in [-0.25, -0.2) is 0 Å². The Bertz CT molecular complexity index is 2920. The fourth-order valence-corrected chi connectivity index (χ4v) is 8.69. The van der Waals surface area contributed by atoms with Gasteiger partial charge < -0.3 is 8.98 Å². The molecule has 1 aliphatic rings. The minimum Gasteiger partial charge on any atom is -0.455 e. The highest BCUT2D eigenvalue weighted by molar-refractivity contribution is 6.19. The highest BCUT2D eigenvalue weighted by atomic mass is 16.3. The molecule has 0 amide bonds. The van der Waals surface area contributed by atoms with Crippen LogP contribution >= 0.6 is 0 Å². The predicted molar refractivity (Wildman–Crippen MR) is 227 cm³/mol. The van der Waals surface area contributed by atoms with Gasteiger partial charge >= 0.3 is 0 Å². The topological polar surface area (TPSA) is 18.1 Å². The van der Waals surface area contributed by atoms with Crippen LogP contribution in [-0.2, 0) is 0 Å². The third-order valence-corrected chi connectivity index (χ3v) is 11.1. The lowest BCUT2D eigenvalue weighted by atomic mass is 9.85. The van der Waals surface area contributed by atoms with Gasteiger partial charge in [-0.3, -0.25) is 0 Å². The number of aromatic nitrogens is 1. The molecule has 0 saturated heterocycles. The molecule has 0 N–H and O–H groups in total. The van der Waals surface area contributed by atoms with Gasteiger partial charge in [0, 0.05) is 38.7 Å². The maximum Gasteiger partial charge on any atom is 0.143 e. The van der Waals surface area contributed by atoms with Crippen molar-refractivity contribution in [1.82, 2.24) is 4.57 Å². The zero-order chi connectivity index (χ0) is 35.5. The Kier molecular flexibility index (Phi) is 7.51. The Hall–Kier alpha value is -6.38. The lowest BCUT2D eigenvalue weighted by molar-refractivity contribution is 0.670. The van der Waals surface area contributed by atoms with Gasteiger partial charge in [-0.15, -0.1) is 0 Å². The van der Waals surface area contributed by atoms with Crippen LogP contribution in [-0.4, -0.2) is 4.57 Å². The summed E-state index contributed by atoms with van der Waals surface area (Å²) < 4.78 is 8.91. The Morgan fingerprint density at radius 2 is 1.28 bits per heavy atom. The summed E-state index contributed by atoms with van der Waals surface area (Å²) in [6.07, 6.45) is 14.7. The normalized spacial score (nSPS) is 13.4. The molecule has 2 heteroatoms. The van der Waals surface area contributed by atoms with Crippen molar-refractivity contribution in [1.29, 1.82) is 0 Å². The number of benzene rings is 7. The number of hydrogen-bond acceptors (Lipinski definition) is 1. The number of allylic oxidation sites excluding steroid dienone is 5. The third-order valence-electron chi connectivity index (χ3n) is 11.1. The van der Waals surface area contributed by atoms with E-state index in [0.29, 0.717) is 0 Å². The average Bonchev–Trinajstić information content (AvgIpc) is 3.73. The summed E-state index contributed by atoms with van der Waals surface area (Å²) in [5.41, 5.74) is 14.1. The minimum atomic E-state index is 0.917. The molecule has 2 heterocycles. The smallest absolute Gasteiger partial charge is 0.143 e. The molecule has 0 spiro atoms. The van der Waals surface area contributed by atoms with E-state index in [1.807, 2.05) is 6.07 Å². The van der Waals surface area contributed by atoms with Gasteiger partial charge in [0.25, 0.3) is 0 Å². The average molecular weight is 682 g/mol. The molecule has 0 saturated carbocycles. The molecular weight excluding hydrogens is 643 g/mol. The quantitative estimate of drug-likeness (QED) is 0.160. The van der Waals surface area contributed by atoms with Crippen molar-refractivity contribution in [3.8, 4) is 27.9 Å². The van der Waals surface area contributed by atoms with Crippen molar-refractivity contribution in [3.63, 3.8) is 0 Å². The molecule has 0 aliphatic heterocycles. The summed E-state index contributed by atoms with van der Waals surface area (Å²) in [7, 11) is 0. The summed E-state index contributed by atoms with van der Waals surface area (Å²) >= 11 is 0. The fourth-order valence-electron chi connectivity index (χ4n) is 8.69. The van der Waals surface area contributed by atoms with E-state index in [1.54, 1.807) is 0 Å². The molecule has 0 atom stereocenters. The zero-order valence-electron chi connectivity index (χ0n) is 30.1. The first-order valence-electron chi connectivity index (χ1n) is 18.8. The number of rotatable bonds is 6. The van der Waals surface area contributed by atoms with E-state index in [-0.39, 0.29) is 0 Å². The lowest BCUT2D eigenvalue weighted by Crippen LogP contribution is -1.98. The van der Waals surface area contributed by atoms with E-state index in [4.69, 9.17) is 4.42 Å². The van der Waals surface area contributed by atoms with Gasteiger partial charge in [0.1, 0.15) is 11.2 Å². The second-order valence-corrected chi connectivity index (χ2v) is 14.2. The molecule has 7 aromatic carbocycles. The van der Waals surface area contributed by atoms with E-state index in [2.05, 4.69) is 176 Å². The standard InChI is InChI=1S/C51H39NO/c1-3-4-17-38-33(2)52(47-32-36(28-31-40(38)47)39-23-14-24-46-41-18-12-13-25-48(41)53-51(39)46)37-29-26-35(27-30-37)50-44-21-10-8-19-42(44)49(34-15-6-5-7-16-34)43-20-9-11-22-45(43)50/h4,6,8-32H,3,5,7H2,1-2H3/b17-4-. The van der Waals surface area contributed by atoms with E-state index in [9.17, 15) is 0 Å². The van der Waals surface area contributed by atoms with Crippen LogP contribution in [0.5, 0.6) is 0 Å². The van der Waals surface area contributed by atoms with Gasteiger partial charge in [0.2, 0.25) is 0 Å². The first kappa shape index (κ1) is 31.4.